The lowest BCUT2D eigenvalue weighted by atomic mass is 9.70. The van der Waals surface area contributed by atoms with Crippen LogP contribution in [0.4, 0.5) is 0 Å². The molecule has 2 saturated carbocycles. The van der Waals surface area contributed by atoms with Gasteiger partial charge in [0.25, 0.3) is 5.91 Å². The normalized spacial score (nSPS) is 25.4. The number of carbonyl (C=O) groups is 1. The minimum absolute atomic E-state index is 0.109. The van der Waals surface area contributed by atoms with E-state index < -0.39 is 0 Å². The zero-order valence-corrected chi connectivity index (χ0v) is 11.5. The first-order valence-corrected chi connectivity index (χ1v) is 7.66. The molecule has 0 bridgehead atoms. The van der Waals surface area contributed by atoms with Crippen molar-refractivity contribution in [3.05, 3.63) is 35.9 Å². The lowest BCUT2D eigenvalue weighted by molar-refractivity contribution is 0.0856. The van der Waals surface area contributed by atoms with Crippen LogP contribution < -0.4 is 5.32 Å². The number of hydrogen-bond donors (Lipinski definition) is 1. The largest absolute Gasteiger partial charge is 0.349 e. The van der Waals surface area contributed by atoms with Crippen LogP contribution in [-0.4, -0.2) is 11.9 Å². The van der Waals surface area contributed by atoms with Gasteiger partial charge >= 0.3 is 0 Å². The van der Waals surface area contributed by atoms with Crippen molar-refractivity contribution in [2.24, 2.45) is 5.41 Å². The lowest BCUT2D eigenvalue weighted by Gasteiger charge is -2.39. The summed E-state index contributed by atoms with van der Waals surface area (Å²) in [6.07, 6.45) is 10.4. The molecule has 2 fully saturated rings. The highest BCUT2D eigenvalue weighted by Crippen LogP contribution is 2.49. The van der Waals surface area contributed by atoms with E-state index in [1.165, 1.54) is 51.4 Å². The fourth-order valence-corrected chi connectivity index (χ4v) is 4.05. The summed E-state index contributed by atoms with van der Waals surface area (Å²) in [5.41, 5.74) is 1.21. The van der Waals surface area contributed by atoms with Crippen molar-refractivity contribution in [3.8, 4) is 0 Å². The molecule has 0 radical (unpaired) electrons. The summed E-state index contributed by atoms with van der Waals surface area (Å²) in [6, 6.07) is 10.0. The van der Waals surface area contributed by atoms with E-state index in [1.54, 1.807) is 0 Å². The van der Waals surface area contributed by atoms with E-state index in [1.807, 2.05) is 30.3 Å². The average molecular weight is 257 g/mol. The van der Waals surface area contributed by atoms with Crippen LogP contribution >= 0.6 is 0 Å². The van der Waals surface area contributed by atoms with Crippen molar-refractivity contribution in [2.75, 3.05) is 0 Å². The van der Waals surface area contributed by atoms with Gasteiger partial charge in [-0.25, -0.2) is 0 Å². The zero-order chi connectivity index (χ0) is 13.1. The van der Waals surface area contributed by atoms with Crippen LogP contribution in [0, 0.1) is 5.41 Å². The third kappa shape index (κ3) is 2.54. The number of benzene rings is 1. The maximum absolute atomic E-state index is 12.3. The molecule has 2 aliphatic rings. The highest BCUT2D eigenvalue weighted by Gasteiger charge is 2.43. The van der Waals surface area contributed by atoms with Gasteiger partial charge in [0.05, 0.1) is 0 Å². The molecule has 1 amide bonds. The second-order valence-corrected chi connectivity index (χ2v) is 6.21. The summed E-state index contributed by atoms with van der Waals surface area (Å²) < 4.78 is 0. The van der Waals surface area contributed by atoms with Crippen LogP contribution in [0.2, 0.25) is 0 Å². The van der Waals surface area contributed by atoms with Crippen LogP contribution in [-0.2, 0) is 0 Å². The Bertz CT molecular complexity index is 434. The first-order chi connectivity index (χ1) is 9.30. The Balaban J connectivity index is 1.70. The smallest absolute Gasteiger partial charge is 0.251 e. The third-order valence-electron chi connectivity index (χ3n) is 5.10. The van der Waals surface area contributed by atoms with Gasteiger partial charge in [-0.15, -0.1) is 0 Å². The summed E-state index contributed by atoms with van der Waals surface area (Å²) in [6.45, 7) is 0. The quantitative estimate of drug-likeness (QED) is 0.855. The van der Waals surface area contributed by atoms with E-state index in [2.05, 4.69) is 5.32 Å². The summed E-state index contributed by atoms with van der Waals surface area (Å²) in [5.74, 6) is 0.109. The number of carbonyl (C=O) groups excluding carboxylic acids is 1. The van der Waals surface area contributed by atoms with Gasteiger partial charge in [0.1, 0.15) is 0 Å². The van der Waals surface area contributed by atoms with E-state index in [-0.39, 0.29) is 5.91 Å². The summed E-state index contributed by atoms with van der Waals surface area (Å²) in [4.78, 5) is 12.3. The Morgan fingerprint density at radius 1 is 1.00 bits per heavy atom. The molecule has 1 N–H and O–H groups in total. The van der Waals surface area contributed by atoms with Crippen LogP contribution in [0.5, 0.6) is 0 Å². The minimum atomic E-state index is 0.109. The molecule has 1 unspecified atom stereocenters. The SMILES string of the molecule is O=C(NC1CCCC12CCCCC2)c1ccccc1. The molecule has 0 aliphatic heterocycles. The van der Waals surface area contributed by atoms with Crippen molar-refractivity contribution >= 4 is 5.91 Å². The molecule has 102 valence electrons. The molecular formula is C17H23NO. The zero-order valence-electron chi connectivity index (χ0n) is 11.5. The number of hydrogen-bond acceptors (Lipinski definition) is 1. The number of nitrogens with one attached hydrogen (secondary N) is 1. The Morgan fingerprint density at radius 3 is 2.42 bits per heavy atom. The number of amides is 1. The van der Waals surface area contributed by atoms with E-state index in [9.17, 15) is 4.79 Å². The molecule has 19 heavy (non-hydrogen) atoms. The number of rotatable bonds is 2. The monoisotopic (exact) mass is 257 g/mol. The molecule has 3 rings (SSSR count). The third-order valence-corrected chi connectivity index (χ3v) is 5.10. The Hall–Kier alpha value is -1.31. The lowest BCUT2D eigenvalue weighted by Crippen LogP contribution is -2.45. The molecule has 0 aromatic heterocycles. The Labute approximate surface area is 115 Å². The minimum Gasteiger partial charge on any atom is -0.349 e. The van der Waals surface area contributed by atoms with Gasteiger partial charge in [-0.1, -0.05) is 43.9 Å². The fourth-order valence-electron chi connectivity index (χ4n) is 4.05. The van der Waals surface area contributed by atoms with Gasteiger partial charge in [-0.05, 0) is 43.2 Å². The van der Waals surface area contributed by atoms with E-state index in [0.29, 0.717) is 11.5 Å². The maximum atomic E-state index is 12.3. The van der Waals surface area contributed by atoms with Crippen LogP contribution in [0.25, 0.3) is 0 Å². The second-order valence-electron chi connectivity index (χ2n) is 6.21. The first kappa shape index (κ1) is 12.7. The van der Waals surface area contributed by atoms with Crippen molar-refractivity contribution in [3.63, 3.8) is 0 Å². The molecule has 1 aromatic carbocycles. The first-order valence-electron chi connectivity index (χ1n) is 7.66. The van der Waals surface area contributed by atoms with Crippen LogP contribution in [0.3, 0.4) is 0 Å². The molecule has 2 aliphatic carbocycles. The van der Waals surface area contributed by atoms with Crippen molar-refractivity contribution in [1.82, 2.24) is 5.32 Å². The molecule has 0 heterocycles. The topological polar surface area (TPSA) is 29.1 Å². The van der Waals surface area contributed by atoms with Gasteiger partial charge in [-0.3, -0.25) is 4.79 Å². The maximum Gasteiger partial charge on any atom is 0.251 e. The van der Waals surface area contributed by atoms with Gasteiger partial charge in [0.15, 0.2) is 0 Å². The standard InChI is InChI=1S/C17H23NO/c19-16(14-8-3-1-4-9-14)18-15-10-7-13-17(15)11-5-2-6-12-17/h1,3-4,8-9,15H,2,5-7,10-13H2,(H,18,19). The van der Waals surface area contributed by atoms with E-state index in [4.69, 9.17) is 0 Å². The van der Waals surface area contributed by atoms with E-state index in [0.717, 1.165) is 5.56 Å². The summed E-state index contributed by atoms with van der Waals surface area (Å²) in [7, 11) is 0. The molecule has 1 spiro atoms. The van der Waals surface area contributed by atoms with Gasteiger partial charge in [-0.2, -0.15) is 0 Å². The van der Waals surface area contributed by atoms with Crippen molar-refractivity contribution < 1.29 is 4.79 Å². The van der Waals surface area contributed by atoms with E-state index >= 15 is 0 Å². The summed E-state index contributed by atoms with van der Waals surface area (Å²) >= 11 is 0. The average Bonchev–Trinajstić information content (AvgIpc) is 2.83. The highest BCUT2D eigenvalue weighted by molar-refractivity contribution is 5.94. The molecule has 0 saturated heterocycles. The van der Waals surface area contributed by atoms with Crippen molar-refractivity contribution in [1.29, 1.82) is 0 Å². The Kier molecular flexibility index (Phi) is 3.58. The van der Waals surface area contributed by atoms with Crippen molar-refractivity contribution in [2.45, 2.75) is 57.4 Å². The molecular weight excluding hydrogens is 234 g/mol. The molecule has 1 atom stereocenters. The molecule has 2 nitrogen and oxygen atoms in total. The predicted molar refractivity (Wildman–Crippen MR) is 77.1 cm³/mol. The van der Waals surface area contributed by atoms with Gasteiger partial charge in [0, 0.05) is 11.6 Å². The second kappa shape index (κ2) is 5.36. The summed E-state index contributed by atoms with van der Waals surface area (Å²) in [5, 5.41) is 3.32. The van der Waals surface area contributed by atoms with Gasteiger partial charge in [0.2, 0.25) is 0 Å². The van der Waals surface area contributed by atoms with Crippen LogP contribution in [0.15, 0.2) is 30.3 Å². The Morgan fingerprint density at radius 2 is 1.68 bits per heavy atom. The highest BCUT2D eigenvalue weighted by atomic mass is 16.1. The fraction of sp³-hybridized carbons (Fsp3) is 0.588. The van der Waals surface area contributed by atoms with Gasteiger partial charge < -0.3 is 5.32 Å². The molecule has 2 heteroatoms. The molecule has 1 aromatic rings. The predicted octanol–water partition coefficient (Wildman–Crippen LogP) is 3.92. The van der Waals surface area contributed by atoms with Crippen LogP contribution in [0.1, 0.15) is 61.7 Å².